The molecule has 2 saturated heterocycles. The van der Waals surface area contributed by atoms with Crippen LogP contribution < -0.4 is 4.90 Å². The molecule has 2 fully saturated rings. The summed E-state index contributed by atoms with van der Waals surface area (Å²) in [6, 6.07) is 8.74. The number of nitrogens with zero attached hydrogens (tertiary/aromatic N) is 2. The second kappa shape index (κ2) is 9.68. The number of amides is 1. The predicted molar refractivity (Wildman–Crippen MR) is 114 cm³/mol. The van der Waals surface area contributed by atoms with Crippen LogP contribution in [0.1, 0.15) is 45.1 Å². The lowest BCUT2D eigenvalue weighted by Gasteiger charge is -2.25. The van der Waals surface area contributed by atoms with Gasteiger partial charge in [-0.25, -0.2) is 4.79 Å². The van der Waals surface area contributed by atoms with Crippen molar-refractivity contribution in [1.82, 2.24) is 4.90 Å². The Hall–Kier alpha value is -2.29. The summed E-state index contributed by atoms with van der Waals surface area (Å²) in [7, 11) is 0. The average molecular weight is 457 g/mol. The number of hydrogen-bond donors (Lipinski definition) is 1. The van der Waals surface area contributed by atoms with Gasteiger partial charge in [-0.2, -0.15) is 13.2 Å². The molecule has 2 atom stereocenters. The Morgan fingerprint density at radius 2 is 1.84 bits per heavy atom. The van der Waals surface area contributed by atoms with Crippen LogP contribution in [-0.4, -0.2) is 66.9 Å². The van der Waals surface area contributed by atoms with Gasteiger partial charge in [-0.05, 0) is 43.2 Å². The monoisotopic (exact) mass is 456 g/mol. The van der Waals surface area contributed by atoms with E-state index in [2.05, 4.69) is 43.0 Å². The third kappa shape index (κ3) is 5.36. The quantitative estimate of drug-likeness (QED) is 0.746. The topological polar surface area (TPSA) is 70.1 Å². The van der Waals surface area contributed by atoms with Crippen molar-refractivity contribution >= 4 is 17.6 Å². The van der Waals surface area contributed by atoms with Crippen molar-refractivity contribution in [2.45, 2.75) is 57.2 Å². The zero-order valence-electron chi connectivity index (χ0n) is 18.5. The summed E-state index contributed by atoms with van der Waals surface area (Å²) in [4.78, 5) is 26.2. The number of hydrogen-bond acceptors (Lipinski definition) is 4. The highest BCUT2D eigenvalue weighted by Crippen LogP contribution is 2.47. The number of halogens is 3. The van der Waals surface area contributed by atoms with E-state index < -0.39 is 12.1 Å². The molecule has 0 aliphatic carbocycles. The average Bonchev–Trinajstić information content (AvgIpc) is 3.47. The number of carboxylic acid groups (broad SMARTS) is 1. The molecule has 0 bridgehead atoms. The van der Waals surface area contributed by atoms with Gasteiger partial charge < -0.3 is 19.6 Å². The van der Waals surface area contributed by atoms with Crippen LogP contribution in [0.25, 0.3) is 0 Å². The van der Waals surface area contributed by atoms with E-state index in [1.54, 1.807) is 0 Å². The van der Waals surface area contributed by atoms with E-state index in [0.29, 0.717) is 12.5 Å². The molecule has 1 aromatic carbocycles. The fourth-order valence-electron chi connectivity index (χ4n) is 4.68. The van der Waals surface area contributed by atoms with Crippen molar-refractivity contribution in [2.75, 3.05) is 37.7 Å². The fraction of sp³-hybridized carbons (Fsp3) is 0.652. The molecule has 1 N–H and O–H groups in total. The maximum atomic E-state index is 12.8. The Morgan fingerprint density at radius 1 is 1.22 bits per heavy atom. The van der Waals surface area contributed by atoms with Gasteiger partial charge in [-0.15, -0.1) is 0 Å². The minimum Gasteiger partial charge on any atom is -0.475 e. The largest absolute Gasteiger partial charge is 0.490 e. The highest BCUT2D eigenvalue weighted by molar-refractivity contribution is 5.82. The van der Waals surface area contributed by atoms with E-state index >= 15 is 0 Å². The predicted octanol–water partition coefficient (Wildman–Crippen LogP) is 3.84. The lowest BCUT2D eigenvalue weighted by Crippen LogP contribution is -2.39. The molecular formula is C23H31F3N2O4. The van der Waals surface area contributed by atoms with Gasteiger partial charge in [0.15, 0.2) is 0 Å². The lowest BCUT2D eigenvalue weighted by atomic mass is 9.80. The third-order valence-corrected chi connectivity index (χ3v) is 6.36. The van der Waals surface area contributed by atoms with E-state index in [1.807, 2.05) is 4.90 Å². The lowest BCUT2D eigenvalue weighted by molar-refractivity contribution is -0.192. The van der Waals surface area contributed by atoms with Crippen LogP contribution in [0.4, 0.5) is 18.9 Å². The van der Waals surface area contributed by atoms with Gasteiger partial charge >= 0.3 is 12.1 Å². The molecule has 1 amide bonds. The Kier molecular flexibility index (Phi) is 7.37. The molecule has 2 unspecified atom stereocenters. The van der Waals surface area contributed by atoms with Crippen LogP contribution in [0.2, 0.25) is 0 Å². The Morgan fingerprint density at radius 3 is 2.44 bits per heavy atom. The first-order valence-corrected chi connectivity index (χ1v) is 11.1. The molecule has 178 valence electrons. The molecule has 3 heterocycles. The second-order valence-electron chi connectivity index (χ2n) is 9.24. The molecular weight excluding hydrogens is 425 g/mol. The number of rotatable bonds is 4. The molecule has 9 heteroatoms. The zero-order chi connectivity index (χ0) is 23.5. The highest BCUT2D eigenvalue weighted by atomic mass is 19.4. The van der Waals surface area contributed by atoms with Gasteiger partial charge in [0.2, 0.25) is 0 Å². The first kappa shape index (κ1) is 24.4. The number of fused-ring (bicyclic) bond motifs is 2. The summed E-state index contributed by atoms with van der Waals surface area (Å²) in [5, 5.41) is 7.12. The number of carbonyl (C=O) groups excluding carboxylic acids is 1. The van der Waals surface area contributed by atoms with Crippen LogP contribution in [0, 0.1) is 5.92 Å². The number of ether oxygens (including phenoxy) is 1. The number of carbonyl (C=O) groups is 2. The minimum absolute atomic E-state index is 0.00633. The molecule has 0 radical (unpaired) electrons. The van der Waals surface area contributed by atoms with Crippen molar-refractivity contribution < 1.29 is 32.6 Å². The van der Waals surface area contributed by atoms with Gasteiger partial charge in [0.05, 0.1) is 6.61 Å². The highest BCUT2D eigenvalue weighted by Gasteiger charge is 2.50. The summed E-state index contributed by atoms with van der Waals surface area (Å²) in [6.45, 7) is 9.12. The van der Waals surface area contributed by atoms with Crippen LogP contribution in [-0.2, 0) is 19.7 Å². The first-order valence-electron chi connectivity index (χ1n) is 11.1. The maximum absolute atomic E-state index is 12.8. The third-order valence-electron chi connectivity index (χ3n) is 6.36. The Bertz CT molecular complexity index is 824. The summed E-state index contributed by atoms with van der Waals surface area (Å²) in [5.74, 6) is -1.84. The van der Waals surface area contributed by atoms with Crippen LogP contribution in [0.15, 0.2) is 24.3 Å². The maximum Gasteiger partial charge on any atom is 0.490 e. The number of aliphatic carboxylic acids is 1. The number of benzene rings is 1. The van der Waals surface area contributed by atoms with Crippen LogP contribution >= 0.6 is 0 Å². The molecule has 1 spiro atoms. The first-order chi connectivity index (χ1) is 15.0. The summed E-state index contributed by atoms with van der Waals surface area (Å²) in [6.07, 6.45) is -1.04. The van der Waals surface area contributed by atoms with Gasteiger partial charge in [0, 0.05) is 37.3 Å². The van der Waals surface area contributed by atoms with Gasteiger partial charge in [-0.3, -0.25) is 4.79 Å². The number of para-hydroxylation sites is 1. The molecule has 1 aromatic rings. The number of anilines is 1. The molecule has 0 aromatic heterocycles. The summed E-state index contributed by atoms with van der Waals surface area (Å²) < 4.78 is 37.8. The fourth-order valence-corrected chi connectivity index (χ4v) is 4.68. The van der Waals surface area contributed by atoms with Crippen molar-refractivity contribution in [2.24, 2.45) is 5.92 Å². The van der Waals surface area contributed by atoms with Crippen LogP contribution in [0.3, 0.4) is 0 Å². The number of alkyl halides is 3. The Balaban J connectivity index is 0.000000360. The van der Waals surface area contributed by atoms with Crippen molar-refractivity contribution in [3.05, 3.63) is 29.8 Å². The molecule has 4 rings (SSSR count). The Labute approximate surface area is 186 Å². The van der Waals surface area contributed by atoms with E-state index in [0.717, 1.165) is 45.4 Å². The smallest absolute Gasteiger partial charge is 0.475 e. The molecule has 32 heavy (non-hydrogen) atoms. The second-order valence-corrected chi connectivity index (χ2v) is 9.24. The minimum atomic E-state index is -5.08. The van der Waals surface area contributed by atoms with E-state index in [4.69, 9.17) is 14.6 Å². The van der Waals surface area contributed by atoms with Crippen molar-refractivity contribution in [3.8, 4) is 0 Å². The molecule has 6 nitrogen and oxygen atoms in total. The van der Waals surface area contributed by atoms with E-state index in [-0.39, 0.29) is 17.4 Å². The van der Waals surface area contributed by atoms with Crippen LogP contribution in [0.5, 0.6) is 0 Å². The van der Waals surface area contributed by atoms with Crippen molar-refractivity contribution in [1.29, 1.82) is 0 Å². The zero-order valence-corrected chi connectivity index (χ0v) is 18.5. The van der Waals surface area contributed by atoms with Gasteiger partial charge in [0.25, 0.3) is 5.91 Å². The van der Waals surface area contributed by atoms with E-state index in [1.165, 1.54) is 17.7 Å². The standard InChI is InChI=1S/C21H30N2O2.C2HF3O2/c1-16(2)9-12-23-14-21(17-7-3-4-8-18(17)23)13-19(25-15-21)20(24)22-10-5-6-11-22;3-2(4,5)1(6)7/h3-4,7-8,16,19H,5-6,9-15H2,1-2H3;(H,6,7). The SMILES string of the molecule is CC(C)CCN1CC2(COC(C(=O)N3CCCC3)C2)c2ccccc21.O=C(O)C(F)(F)F. The van der Waals surface area contributed by atoms with E-state index in [9.17, 15) is 18.0 Å². The normalized spacial score (nSPS) is 24.6. The van der Waals surface area contributed by atoms with Gasteiger partial charge in [-0.1, -0.05) is 32.0 Å². The molecule has 3 aliphatic rings. The number of likely N-dealkylation sites (tertiary alicyclic amines) is 1. The van der Waals surface area contributed by atoms with Gasteiger partial charge in [0.1, 0.15) is 6.10 Å². The summed E-state index contributed by atoms with van der Waals surface area (Å²) >= 11 is 0. The molecule has 3 aliphatic heterocycles. The van der Waals surface area contributed by atoms with Crippen molar-refractivity contribution in [3.63, 3.8) is 0 Å². The molecule has 0 saturated carbocycles. The summed E-state index contributed by atoms with van der Waals surface area (Å²) in [5.41, 5.74) is 2.73. The number of carboxylic acids is 1.